The molecule has 1 aromatic carbocycles. The molecule has 0 aliphatic carbocycles. The molecular formula is C14H15F2N3O4S2. The van der Waals surface area contributed by atoms with Crippen LogP contribution in [0.3, 0.4) is 0 Å². The number of nitrogens with zero attached hydrogens (tertiary/aromatic N) is 2. The van der Waals surface area contributed by atoms with Crippen molar-refractivity contribution >= 4 is 27.6 Å². The van der Waals surface area contributed by atoms with Gasteiger partial charge in [0.1, 0.15) is 12.4 Å². The van der Waals surface area contributed by atoms with E-state index in [1.165, 1.54) is 18.2 Å². The highest BCUT2D eigenvalue weighted by molar-refractivity contribution is 7.98. The van der Waals surface area contributed by atoms with Crippen LogP contribution in [0.1, 0.15) is 5.56 Å². The molecule has 0 saturated carbocycles. The van der Waals surface area contributed by atoms with Crippen molar-refractivity contribution in [1.82, 2.24) is 9.97 Å². The largest absolute Gasteiger partial charge is 0.475 e. The molecule has 0 amide bonds. The standard InChI is InChI=1S/C14H15F2N3O4S2/c1-25(21,22)19-11-7-12(23-6-5-20)18-14(17-11)24-8-9-3-2-4-10(15)13(9)16/h2-4,7,20H,5-6,8H2,1H3,(H,17,18,19). The molecule has 1 aromatic heterocycles. The average molecular weight is 391 g/mol. The number of halogens is 2. The highest BCUT2D eigenvalue weighted by atomic mass is 32.2. The van der Waals surface area contributed by atoms with E-state index in [0.29, 0.717) is 0 Å². The minimum Gasteiger partial charge on any atom is -0.475 e. The van der Waals surface area contributed by atoms with Crippen LogP contribution in [0.15, 0.2) is 29.4 Å². The van der Waals surface area contributed by atoms with E-state index >= 15 is 0 Å². The van der Waals surface area contributed by atoms with Crippen LogP contribution >= 0.6 is 11.8 Å². The van der Waals surface area contributed by atoms with Crippen molar-refractivity contribution < 1.29 is 27.0 Å². The van der Waals surface area contributed by atoms with Crippen LogP contribution in [0.5, 0.6) is 5.88 Å². The Morgan fingerprint density at radius 2 is 2.08 bits per heavy atom. The highest BCUT2D eigenvalue weighted by Gasteiger charge is 2.12. The predicted molar refractivity (Wildman–Crippen MR) is 89.0 cm³/mol. The molecule has 1 heterocycles. The normalized spacial score (nSPS) is 11.4. The maximum atomic E-state index is 13.7. The smallest absolute Gasteiger partial charge is 0.230 e. The number of anilines is 1. The molecule has 0 bridgehead atoms. The minimum atomic E-state index is -3.57. The molecule has 11 heteroatoms. The molecule has 2 aromatic rings. The number of hydrogen-bond acceptors (Lipinski definition) is 7. The van der Waals surface area contributed by atoms with Gasteiger partial charge in [0.05, 0.1) is 12.9 Å². The van der Waals surface area contributed by atoms with Crippen LogP contribution < -0.4 is 9.46 Å². The van der Waals surface area contributed by atoms with Crippen molar-refractivity contribution in [2.24, 2.45) is 0 Å². The molecule has 0 atom stereocenters. The molecule has 2 N–H and O–H groups in total. The van der Waals surface area contributed by atoms with Gasteiger partial charge in [-0.2, -0.15) is 4.98 Å². The van der Waals surface area contributed by atoms with Gasteiger partial charge in [-0.1, -0.05) is 23.9 Å². The Morgan fingerprint density at radius 1 is 1.32 bits per heavy atom. The van der Waals surface area contributed by atoms with E-state index in [4.69, 9.17) is 9.84 Å². The lowest BCUT2D eigenvalue weighted by atomic mass is 10.2. The van der Waals surface area contributed by atoms with Crippen LogP contribution in [0.25, 0.3) is 0 Å². The number of thioether (sulfide) groups is 1. The molecule has 136 valence electrons. The summed E-state index contributed by atoms with van der Waals surface area (Å²) < 4.78 is 56.9. The van der Waals surface area contributed by atoms with Crippen LogP contribution in [-0.2, 0) is 15.8 Å². The molecule has 0 fully saturated rings. The summed E-state index contributed by atoms with van der Waals surface area (Å²) in [7, 11) is -3.57. The van der Waals surface area contributed by atoms with Gasteiger partial charge in [-0.15, -0.1) is 0 Å². The number of nitrogens with one attached hydrogen (secondary N) is 1. The molecule has 0 aliphatic heterocycles. The van der Waals surface area contributed by atoms with Crippen molar-refractivity contribution in [3.63, 3.8) is 0 Å². The van der Waals surface area contributed by atoms with Crippen LogP contribution in [0.4, 0.5) is 14.6 Å². The third-order valence-electron chi connectivity index (χ3n) is 2.70. The fraction of sp³-hybridized carbons (Fsp3) is 0.286. The van der Waals surface area contributed by atoms with Gasteiger partial charge in [-0.3, -0.25) is 4.72 Å². The predicted octanol–water partition coefficient (Wildman–Crippen LogP) is 1.79. The van der Waals surface area contributed by atoms with E-state index < -0.39 is 21.7 Å². The summed E-state index contributed by atoms with van der Waals surface area (Å²) in [5.74, 6) is -1.88. The van der Waals surface area contributed by atoms with E-state index in [0.717, 1.165) is 24.1 Å². The first-order valence-electron chi connectivity index (χ1n) is 6.94. The number of rotatable bonds is 8. The maximum absolute atomic E-state index is 13.7. The minimum absolute atomic E-state index is 0.0331. The number of aliphatic hydroxyl groups excluding tert-OH is 1. The van der Waals surface area contributed by atoms with Crippen LogP contribution in [0, 0.1) is 11.6 Å². The maximum Gasteiger partial charge on any atom is 0.230 e. The van der Waals surface area contributed by atoms with Crippen LogP contribution in [-0.4, -0.2) is 43.0 Å². The summed E-state index contributed by atoms with van der Waals surface area (Å²) in [5.41, 5.74) is 0.118. The van der Waals surface area contributed by atoms with Gasteiger partial charge >= 0.3 is 0 Å². The third-order valence-corrected chi connectivity index (χ3v) is 4.18. The summed E-state index contributed by atoms with van der Waals surface area (Å²) in [4.78, 5) is 8.03. The summed E-state index contributed by atoms with van der Waals surface area (Å²) in [6, 6.07) is 5.07. The van der Waals surface area contributed by atoms with Crippen molar-refractivity contribution in [3.05, 3.63) is 41.5 Å². The van der Waals surface area contributed by atoms with Crippen molar-refractivity contribution in [2.45, 2.75) is 10.9 Å². The number of sulfonamides is 1. The van der Waals surface area contributed by atoms with Gasteiger partial charge in [0, 0.05) is 17.4 Å². The Balaban J connectivity index is 2.22. The van der Waals surface area contributed by atoms with Gasteiger partial charge in [-0.05, 0) is 6.07 Å². The number of hydrogen-bond donors (Lipinski definition) is 2. The molecule has 0 unspecified atom stereocenters. The zero-order valence-corrected chi connectivity index (χ0v) is 14.7. The number of aromatic nitrogens is 2. The second kappa shape index (κ2) is 8.41. The first kappa shape index (κ1) is 19.3. The monoisotopic (exact) mass is 391 g/mol. The SMILES string of the molecule is CS(=O)(=O)Nc1cc(OCCO)nc(SCc2cccc(F)c2F)n1. The molecule has 0 aliphatic rings. The van der Waals surface area contributed by atoms with Gasteiger partial charge in [0.2, 0.25) is 15.9 Å². The highest BCUT2D eigenvalue weighted by Crippen LogP contribution is 2.25. The van der Waals surface area contributed by atoms with E-state index in [1.807, 2.05) is 0 Å². The van der Waals surface area contributed by atoms with Crippen LogP contribution in [0.2, 0.25) is 0 Å². The molecule has 2 rings (SSSR count). The lowest BCUT2D eigenvalue weighted by molar-refractivity contribution is 0.195. The lowest BCUT2D eigenvalue weighted by Gasteiger charge is -2.09. The first-order valence-corrected chi connectivity index (χ1v) is 9.82. The zero-order chi connectivity index (χ0) is 18.4. The summed E-state index contributed by atoms with van der Waals surface area (Å²) in [6.07, 6.45) is 0.957. The molecule has 0 radical (unpaired) electrons. The summed E-state index contributed by atoms with van der Waals surface area (Å²) >= 11 is 0.978. The van der Waals surface area contributed by atoms with Crippen molar-refractivity contribution in [3.8, 4) is 5.88 Å². The van der Waals surface area contributed by atoms with Gasteiger partial charge < -0.3 is 9.84 Å². The third kappa shape index (κ3) is 6.11. The molecule has 0 spiro atoms. The quantitative estimate of drug-likeness (QED) is 0.522. The number of benzene rings is 1. The molecule has 7 nitrogen and oxygen atoms in total. The van der Waals surface area contributed by atoms with E-state index in [-0.39, 0.29) is 41.4 Å². The fourth-order valence-electron chi connectivity index (χ4n) is 1.74. The second-order valence-electron chi connectivity index (χ2n) is 4.82. The lowest BCUT2D eigenvalue weighted by Crippen LogP contribution is -2.12. The summed E-state index contributed by atoms with van der Waals surface area (Å²) in [6.45, 7) is -0.298. The van der Waals surface area contributed by atoms with Gasteiger partial charge in [0.25, 0.3) is 0 Å². The Morgan fingerprint density at radius 3 is 2.76 bits per heavy atom. The zero-order valence-electron chi connectivity index (χ0n) is 13.1. The second-order valence-corrected chi connectivity index (χ2v) is 7.51. The Labute approximate surface area is 147 Å². The van der Waals surface area contributed by atoms with Crippen molar-refractivity contribution in [1.29, 1.82) is 0 Å². The topological polar surface area (TPSA) is 101 Å². The Kier molecular flexibility index (Phi) is 6.51. The van der Waals surface area contributed by atoms with Gasteiger partial charge in [0.15, 0.2) is 16.8 Å². The fourth-order valence-corrected chi connectivity index (χ4v) is 3.05. The first-order chi connectivity index (χ1) is 11.8. The van der Waals surface area contributed by atoms with Crippen molar-refractivity contribution in [2.75, 3.05) is 24.2 Å². The van der Waals surface area contributed by atoms with Gasteiger partial charge in [-0.25, -0.2) is 22.2 Å². The number of ether oxygens (including phenoxy) is 1. The molecule has 25 heavy (non-hydrogen) atoms. The Bertz CT molecular complexity index is 850. The van der Waals surface area contributed by atoms with E-state index in [1.54, 1.807) is 0 Å². The van der Waals surface area contributed by atoms with E-state index in [9.17, 15) is 17.2 Å². The summed E-state index contributed by atoms with van der Waals surface area (Å²) in [5, 5.41) is 8.90. The average Bonchev–Trinajstić information content (AvgIpc) is 2.52. The number of aliphatic hydroxyl groups is 1. The molecule has 0 saturated heterocycles. The van der Waals surface area contributed by atoms with E-state index in [2.05, 4.69) is 14.7 Å². The Hall–Kier alpha value is -1.98. The molecular weight excluding hydrogens is 376 g/mol.